The van der Waals surface area contributed by atoms with Crippen LogP contribution < -0.4 is 5.56 Å². The Morgan fingerprint density at radius 2 is 1.46 bits per heavy atom. The van der Waals surface area contributed by atoms with Crippen LogP contribution in [0.4, 0.5) is 0 Å². The maximum Gasteiger partial charge on any atom is 0.262 e. The maximum atomic E-state index is 12.7. The van der Waals surface area contributed by atoms with Gasteiger partial charge in [-0.15, -0.1) is 0 Å². The van der Waals surface area contributed by atoms with E-state index in [0.29, 0.717) is 17.6 Å². The molecule has 0 radical (unpaired) electrons. The molecule has 3 heterocycles. The zero-order chi connectivity index (χ0) is 19.1. The van der Waals surface area contributed by atoms with Crippen molar-refractivity contribution < 1.29 is 5.11 Å². The normalized spacial score (nSPS) is 12.8. The highest BCUT2D eigenvalue weighted by atomic mass is 16.3. The predicted octanol–water partition coefficient (Wildman–Crippen LogP) is 2.96. The van der Waals surface area contributed by atoms with Crippen molar-refractivity contribution in [3.63, 3.8) is 0 Å². The minimum atomic E-state index is -0.743. The largest absolute Gasteiger partial charge is 0.389 e. The van der Waals surface area contributed by atoms with E-state index in [-0.39, 0.29) is 12.1 Å². The molecule has 6 heteroatoms. The number of fused-ring (bicyclic) bond motifs is 4. The van der Waals surface area contributed by atoms with Crippen LogP contribution in [0.2, 0.25) is 0 Å². The summed E-state index contributed by atoms with van der Waals surface area (Å²) in [4.78, 5) is 21.0. The van der Waals surface area contributed by atoms with Gasteiger partial charge in [0, 0.05) is 28.0 Å². The molecule has 1 N–H and O–H groups in total. The topological polar surface area (TPSA) is 72.9 Å². The van der Waals surface area contributed by atoms with E-state index in [9.17, 15) is 9.90 Å². The molecule has 6 nitrogen and oxygen atoms in total. The van der Waals surface area contributed by atoms with Gasteiger partial charge in [-0.3, -0.25) is 9.36 Å². The van der Waals surface area contributed by atoms with Crippen molar-refractivity contribution in [3.05, 3.63) is 83.5 Å². The first-order valence-corrected chi connectivity index (χ1v) is 9.16. The fourth-order valence-electron chi connectivity index (χ4n) is 3.82. The number of para-hydroxylation sites is 2. The Bertz CT molecular complexity index is 1320. The highest BCUT2D eigenvalue weighted by molar-refractivity contribution is 6.07. The van der Waals surface area contributed by atoms with Crippen LogP contribution in [0.25, 0.3) is 32.8 Å². The molecule has 1 atom stereocenters. The van der Waals surface area contributed by atoms with Crippen molar-refractivity contribution >= 4 is 32.8 Å². The summed E-state index contributed by atoms with van der Waals surface area (Å²) in [7, 11) is 0. The van der Waals surface area contributed by atoms with Crippen LogP contribution in [0, 0.1) is 0 Å². The molecule has 28 heavy (non-hydrogen) atoms. The highest BCUT2D eigenvalue weighted by Crippen LogP contribution is 2.28. The molecule has 0 aliphatic carbocycles. The average molecular weight is 370 g/mol. The standard InChI is InChI=1S/C22H18N4O2/c27-15(12-25-14-24-21-18(22(25)28)8-5-11-23-21)13-26-19-9-3-1-6-16(19)17-7-2-4-10-20(17)26/h1-11,14-15,27H,12-13H2. The van der Waals surface area contributed by atoms with Gasteiger partial charge in [-0.1, -0.05) is 36.4 Å². The van der Waals surface area contributed by atoms with E-state index < -0.39 is 6.10 Å². The van der Waals surface area contributed by atoms with Crippen molar-refractivity contribution in [1.29, 1.82) is 0 Å². The molecule has 0 bridgehead atoms. The number of nitrogens with zero attached hydrogens (tertiary/aromatic N) is 4. The van der Waals surface area contributed by atoms with Gasteiger partial charge in [0.1, 0.15) is 6.33 Å². The van der Waals surface area contributed by atoms with E-state index in [1.807, 2.05) is 24.3 Å². The third-order valence-corrected chi connectivity index (χ3v) is 5.08. The van der Waals surface area contributed by atoms with Gasteiger partial charge >= 0.3 is 0 Å². The Balaban J connectivity index is 1.52. The van der Waals surface area contributed by atoms with Crippen LogP contribution in [-0.2, 0) is 13.1 Å². The zero-order valence-corrected chi connectivity index (χ0v) is 15.1. The molecule has 2 aromatic carbocycles. The van der Waals surface area contributed by atoms with Gasteiger partial charge in [-0.25, -0.2) is 9.97 Å². The fourth-order valence-corrected chi connectivity index (χ4v) is 3.82. The molecule has 3 aromatic heterocycles. The van der Waals surface area contributed by atoms with E-state index in [1.165, 1.54) is 10.9 Å². The second kappa shape index (κ2) is 6.58. The van der Waals surface area contributed by atoms with Crippen LogP contribution in [-0.4, -0.2) is 30.3 Å². The molecule has 1 unspecified atom stereocenters. The van der Waals surface area contributed by atoms with Gasteiger partial charge in [0.25, 0.3) is 5.56 Å². The van der Waals surface area contributed by atoms with Gasteiger partial charge in [0.05, 0.1) is 24.6 Å². The molecule has 0 saturated heterocycles. The second-order valence-corrected chi connectivity index (χ2v) is 6.88. The molecular weight excluding hydrogens is 352 g/mol. The molecule has 0 amide bonds. The Morgan fingerprint density at radius 3 is 2.18 bits per heavy atom. The summed E-state index contributed by atoms with van der Waals surface area (Å²) >= 11 is 0. The predicted molar refractivity (Wildman–Crippen MR) is 109 cm³/mol. The molecule has 5 aromatic rings. The smallest absolute Gasteiger partial charge is 0.262 e. The van der Waals surface area contributed by atoms with Gasteiger partial charge in [0.2, 0.25) is 0 Å². The summed E-state index contributed by atoms with van der Waals surface area (Å²) in [5, 5.41) is 13.5. The van der Waals surface area contributed by atoms with Gasteiger partial charge in [-0.05, 0) is 24.3 Å². The molecule has 0 aliphatic rings. The molecular formula is C22H18N4O2. The SMILES string of the molecule is O=c1c2cccnc2ncn1CC(O)Cn1c2ccccc2c2ccccc21. The molecule has 5 rings (SSSR count). The highest BCUT2D eigenvalue weighted by Gasteiger charge is 2.15. The number of aliphatic hydroxyl groups is 1. The quantitative estimate of drug-likeness (QED) is 0.528. The van der Waals surface area contributed by atoms with E-state index in [0.717, 1.165) is 21.8 Å². The summed E-state index contributed by atoms with van der Waals surface area (Å²) < 4.78 is 3.55. The first-order valence-electron chi connectivity index (χ1n) is 9.16. The lowest BCUT2D eigenvalue weighted by atomic mass is 10.2. The minimum absolute atomic E-state index is 0.164. The van der Waals surface area contributed by atoms with Crippen molar-refractivity contribution in [3.8, 4) is 0 Å². The number of aromatic nitrogens is 4. The molecule has 0 aliphatic heterocycles. The first kappa shape index (κ1) is 16.6. The van der Waals surface area contributed by atoms with Crippen LogP contribution in [0.1, 0.15) is 0 Å². The van der Waals surface area contributed by atoms with E-state index in [4.69, 9.17) is 0 Å². The Kier molecular flexibility index (Phi) is 3.91. The van der Waals surface area contributed by atoms with Crippen LogP contribution in [0.5, 0.6) is 0 Å². The monoisotopic (exact) mass is 370 g/mol. The van der Waals surface area contributed by atoms with Crippen LogP contribution in [0.15, 0.2) is 78.0 Å². The number of hydrogen-bond donors (Lipinski definition) is 1. The van der Waals surface area contributed by atoms with Crippen molar-refractivity contribution in [1.82, 2.24) is 19.1 Å². The minimum Gasteiger partial charge on any atom is -0.389 e. The lowest BCUT2D eigenvalue weighted by Crippen LogP contribution is -2.29. The molecule has 138 valence electrons. The number of hydrogen-bond acceptors (Lipinski definition) is 4. The van der Waals surface area contributed by atoms with Gasteiger partial charge in [0.15, 0.2) is 5.65 Å². The van der Waals surface area contributed by atoms with E-state index >= 15 is 0 Å². The van der Waals surface area contributed by atoms with Crippen molar-refractivity contribution in [2.75, 3.05) is 0 Å². The van der Waals surface area contributed by atoms with Crippen molar-refractivity contribution in [2.24, 2.45) is 0 Å². The summed E-state index contributed by atoms with van der Waals surface area (Å²) in [5.41, 5.74) is 2.35. The number of rotatable bonds is 4. The first-order chi connectivity index (χ1) is 13.7. The summed E-state index contributed by atoms with van der Waals surface area (Å²) in [5.74, 6) is 0. The van der Waals surface area contributed by atoms with E-state index in [2.05, 4.69) is 38.8 Å². The Morgan fingerprint density at radius 1 is 0.821 bits per heavy atom. The van der Waals surface area contributed by atoms with Gasteiger partial charge < -0.3 is 9.67 Å². The summed E-state index contributed by atoms with van der Waals surface area (Å²) in [6, 6.07) is 19.7. The third-order valence-electron chi connectivity index (χ3n) is 5.08. The van der Waals surface area contributed by atoms with Crippen LogP contribution in [0.3, 0.4) is 0 Å². The number of pyridine rings is 1. The van der Waals surface area contributed by atoms with Crippen LogP contribution >= 0.6 is 0 Å². The van der Waals surface area contributed by atoms with E-state index in [1.54, 1.807) is 18.3 Å². The summed E-state index contributed by atoms with van der Waals surface area (Å²) in [6.07, 6.45) is 2.32. The number of benzene rings is 2. The Hall–Kier alpha value is -3.51. The molecule has 0 saturated carbocycles. The van der Waals surface area contributed by atoms with Crippen molar-refractivity contribution in [2.45, 2.75) is 19.2 Å². The zero-order valence-electron chi connectivity index (χ0n) is 15.1. The summed E-state index contributed by atoms with van der Waals surface area (Å²) in [6.45, 7) is 0.545. The lowest BCUT2D eigenvalue weighted by Gasteiger charge is -2.15. The third kappa shape index (κ3) is 2.66. The molecule has 0 fully saturated rings. The molecule has 0 spiro atoms. The maximum absolute atomic E-state index is 12.7. The Labute approximate surface area is 160 Å². The average Bonchev–Trinajstić information content (AvgIpc) is 3.04. The number of aliphatic hydroxyl groups excluding tert-OH is 1. The van der Waals surface area contributed by atoms with Gasteiger partial charge in [-0.2, -0.15) is 0 Å². The lowest BCUT2D eigenvalue weighted by molar-refractivity contribution is 0.135. The fraction of sp³-hybridized carbons (Fsp3) is 0.136. The second-order valence-electron chi connectivity index (χ2n) is 6.88.